The van der Waals surface area contributed by atoms with Crippen molar-refractivity contribution >= 4 is 17.5 Å². The summed E-state index contributed by atoms with van der Waals surface area (Å²) < 4.78 is 39.6. The molecule has 2 aliphatic heterocycles. The van der Waals surface area contributed by atoms with E-state index < -0.39 is 23.5 Å². The Hall–Kier alpha value is -2.98. The number of benzene rings is 1. The van der Waals surface area contributed by atoms with E-state index in [0.29, 0.717) is 5.69 Å². The summed E-state index contributed by atoms with van der Waals surface area (Å²) in [6.45, 7) is -0.208. The molecule has 1 atom stereocenters. The highest BCUT2D eigenvalue weighted by Crippen LogP contribution is 2.36. The van der Waals surface area contributed by atoms with Gasteiger partial charge < -0.3 is 14.5 Å². The third-order valence-corrected chi connectivity index (χ3v) is 4.80. The molecule has 1 aromatic carbocycles. The van der Waals surface area contributed by atoms with Crippen molar-refractivity contribution in [1.29, 1.82) is 0 Å². The zero-order valence-electron chi connectivity index (χ0n) is 15.3. The van der Waals surface area contributed by atoms with Crippen LogP contribution in [0.4, 0.5) is 14.5 Å². The first-order chi connectivity index (χ1) is 13.9. The molecule has 0 radical (unpaired) electrons. The van der Waals surface area contributed by atoms with Crippen LogP contribution in [0.1, 0.15) is 10.4 Å². The third-order valence-electron chi connectivity index (χ3n) is 4.80. The van der Waals surface area contributed by atoms with Gasteiger partial charge in [-0.25, -0.2) is 9.97 Å². The molecule has 152 valence electrons. The minimum absolute atomic E-state index is 0.148. The van der Waals surface area contributed by atoms with Crippen LogP contribution in [-0.4, -0.2) is 71.2 Å². The monoisotopic (exact) mass is 404 g/mol. The van der Waals surface area contributed by atoms with Crippen molar-refractivity contribution in [2.24, 2.45) is 0 Å². The Balaban J connectivity index is 1.65. The highest BCUT2D eigenvalue weighted by molar-refractivity contribution is 5.98. The van der Waals surface area contributed by atoms with E-state index in [2.05, 4.69) is 9.97 Å². The highest BCUT2D eigenvalue weighted by atomic mass is 19.3. The van der Waals surface area contributed by atoms with Crippen LogP contribution in [0.5, 0.6) is 0 Å². The Morgan fingerprint density at radius 3 is 2.55 bits per heavy atom. The second-order valence-corrected chi connectivity index (χ2v) is 6.94. The lowest BCUT2D eigenvalue weighted by atomic mass is 10.00. The number of carbonyl (C=O) groups excluding carboxylic acids is 2. The number of rotatable bonds is 2. The molecule has 29 heavy (non-hydrogen) atoms. The van der Waals surface area contributed by atoms with Gasteiger partial charge in [-0.3, -0.25) is 14.3 Å². The molecule has 4 rings (SSSR count). The fourth-order valence-corrected chi connectivity index (χ4v) is 3.51. The number of para-hydroxylation sites is 1. The number of halogens is 2. The second kappa shape index (κ2) is 7.45. The maximum absolute atomic E-state index is 14.6. The molecule has 0 bridgehead atoms. The Morgan fingerprint density at radius 2 is 1.83 bits per heavy atom. The second-order valence-electron chi connectivity index (χ2n) is 6.94. The number of anilines is 1. The number of nitrogens with zero attached hydrogens (tertiary/aromatic N) is 4. The number of morpholine rings is 1. The normalized spacial score (nSPS) is 24.4. The molecule has 1 aromatic heterocycles. The number of hydrogen-bond acceptors (Lipinski definition) is 6. The molecule has 0 N–H and O–H groups in total. The van der Waals surface area contributed by atoms with Crippen molar-refractivity contribution < 1.29 is 27.8 Å². The SMILES string of the molecule is O=C(c1cncnc1)N1CCOCC2(C1)CN(c1ccccc1)C(=O)C(F)(F)O2. The van der Waals surface area contributed by atoms with Gasteiger partial charge in [-0.2, -0.15) is 8.78 Å². The molecule has 0 aliphatic carbocycles. The van der Waals surface area contributed by atoms with Crippen LogP contribution in [0.2, 0.25) is 0 Å². The molecule has 2 aromatic rings. The van der Waals surface area contributed by atoms with Gasteiger partial charge in [-0.15, -0.1) is 0 Å². The Bertz CT molecular complexity index is 900. The third kappa shape index (κ3) is 3.81. The summed E-state index contributed by atoms with van der Waals surface area (Å²) in [5, 5.41) is 0. The fraction of sp³-hybridized carbons (Fsp3) is 0.368. The van der Waals surface area contributed by atoms with E-state index in [0.717, 1.165) is 4.90 Å². The largest absolute Gasteiger partial charge is 0.437 e. The molecule has 1 spiro atoms. The molecule has 2 aliphatic rings. The smallest absolute Gasteiger partial charge is 0.376 e. The molecular weight excluding hydrogens is 386 g/mol. The first-order valence-corrected chi connectivity index (χ1v) is 8.97. The van der Waals surface area contributed by atoms with Gasteiger partial charge in [-0.05, 0) is 12.1 Å². The van der Waals surface area contributed by atoms with Crippen LogP contribution in [0, 0.1) is 0 Å². The predicted molar refractivity (Wildman–Crippen MR) is 96.3 cm³/mol. The summed E-state index contributed by atoms with van der Waals surface area (Å²) in [5.74, 6) is -1.88. The summed E-state index contributed by atoms with van der Waals surface area (Å²) in [5.41, 5.74) is -1.05. The Morgan fingerprint density at radius 1 is 1.10 bits per heavy atom. The van der Waals surface area contributed by atoms with Crippen LogP contribution in [0.3, 0.4) is 0 Å². The van der Waals surface area contributed by atoms with E-state index in [1.54, 1.807) is 30.3 Å². The number of alkyl halides is 2. The minimum Gasteiger partial charge on any atom is -0.376 e. The average Bonchev–Trinajstić information content (AvgIpc) is 2.93. The standard InChI is InChI=1S/C19H18F2N4O4/c20-19(21)17(27)25(15-4-2-1-3-5-15)11-18(29-19)10-24(6-7-28-12-18)16(26)14-8-22-13-23-9-14/h1-5,8-9,13H,6-7,10-12H2. The van der Waals surface area contributed by atoms with E-state index >= 15 is 0 Å². The first-order valence-electron chi connectivity index (χ1n) is 8.97. The number of hydrogen-bond donors (Lipinski definition) is 0. The molecule has 2 saturated heterocycles. The summed E-state index contributed by atoms with van der Waals surface area (Å²) in [6, 6.07) is 8.15. The predicted octanol–water partition coefficient (Wildman–Crippen LogP) is 1.34. The van der Waals surface area contributed by atoms with Crippen LogP contribution >= 0.6 is 0 Å². The molecule has 10 heteroatoms. The molecule has 0 saturated carbocycles. The van der Waals surface area contributed by atoms with Gasteiger partial charge in [0.2, 0.25) is 0 Å². The van der Waals surface area contributed by atoms with E-state index in [1.165, 1.54) is 23.6 Å². The molecule has 3 heterocycles. The van der Waals surface area contributed by atoms with Gasteiger partial charge in [0.25, 0.3) is 5.91 Å². The van der Waals surface area contributed by atoms with Crippen molar-refractivity contribution in [2.45, 2.75) is 11.7 Å². The van der Waals surface area contributed by atoms with Crippen molar-refractivity contribution in [2.75, 3.05) is 37.7 Å². The summed E-state index contributed by atoms with van der Waals surface area (Å²) in [7, 11) is 0. The van der Waals surface area contributed by atoms with Crippen molar-refractivity contribution in [3.05, 3.63) is 54.6 Å². The summed E-state index contributed by atoms with van der Waals surface area (Å²) >= 11 is 0. The first kappa shape index (κ1) is 19.3. The molecular formula is C19H18F2N4O4. The number of ether oxygens (including phenoxy) is 2. The van der Waals surface area contributed by atoms with Gasteiger partial charge in [0, 0.05) is 24.6 Å². The van der Waals surface area contributed by atoms with Gasteiger partial charge in [0.1, 0.15) is 11.9 Å². The molecule has 1 unspecified atom stereocenters. The topological polar surface area (TPSA) is 84.9 Å². The summed E-state index contributed by atoms with van der Waals surface area (Å²) in [4.78, 5) is 35.1. The molecule has 8 nitrogen and oxygen atoms in total. The quantitative estimate of drug-likeness (QED) is 0.751. The lowest BCUT2D eigenvalue weighted by molar-refractivity contribution is -0.293. The average molecular weight is 404 g/mol. The zero-order valence-corrected chi connectivity index (χ0v) is 15.3. The van der Waals surface area contributed by atoms with Crippen LogP contribution in [-0.2, 0) is 14.3 Å². The number of carbonyl (C=O) groups is 2. The lowest BCUT2D eigenvalue weighted by Gasteiger charge is -2.45. The maximum atomic E-state index is 14.6. The molecule has 2 fully saturated rings. The van der Waals surface area contributed by atoms with Crippen LogP contribution in [0.15, 0.2) is 49.1 Å². The van der Waals surface area contributed by atoms with Gasteiger partial charge >= 0.3 is 12.0 Å². The van der Waals surface area contributed by atoms with Crippen molar-refractivity contribution in [1.82, 2.24) is 14.9 Å². The Labute approximate surface area is 165 Å². The lowest BCUT2D eigenvalue weighted by Crippen LogP contribution is -2.66. The van der Waals surface area contributed by atoms with Crippen molar-refractivity contribution in [3.63, 3.8) is 0 Å². The van der Waals surface area contributed by atoms with E-state index in [-0.39, 0.29) is 38.4 Å². The zero-order chi connectivity index (χ0) is 20.5. The molecule has 2 amide bonds. The van der Waals surface area contributed by atoms with Crippen LogP contribution < -0.4 is 4.90 Å². The number of amides is 2. The van der Waals surface area contributed by atoms with Gasteiger partial charge in [0.15, 0.2) is 0 Å². The van der Waals surface area contributed by atoms with E-state index in [9.17, 15) is 18.4 Å². The minimum atomic E-state index is -4.05. The summed E-state index contributed by atoms with van der Waals surface area (Å²) in [6.07, 6.45) is -0.0574. The van der Waals surface area contributed by atoms with Crippen molar-refractivity contribution in [3.8, 4) is 0 Å². The van der Waals surface area contributed by atoms with E-state index in [4.69, 9.17) is 9.47 Å². The fourth-order valence-electron chi connectivity index (χ4n) is 3.51. The van der Waals surface area contributed by atoms with Crippen LogP contribution in [0.25, 0.3) is 0 Å². The van der Waals surface area contributed by atoms with Gasteiger partial charge in [-0.1, -0.05) is 18.2 Å². The maximum Gasteiger partial charge on any atom is 0.437 e. The number of aromatic nitrogens is 2. The Kier molecular flexibility index (Phi) is 4.97. The van der Waals surface area contributed by atoms with Gasteiger partial charge in [0.05, 0.1) is 31.9 Å². The van der Waals surface area contributed by atoms with E-state index in [1.807, 2.05) is 0 Å². The highest BCUT2D eigenvalue weighted by Gasteiger charge is 2.58.